The van der Waals surface area contributed by atoms with Crippen molar-refractivity contribution in [2.75, 3.05) is 0 Å². The second-order valence-corrected chi connectivity index (χ2v) is 5.06. The van der Waals surface area contributed by atoms with Crippen molar-refractivity contribution in [1.82, 2.24) is 0 Å². The summed E-state index contributed by atoms with van der Waals surface area (Å²) < 4.78 is 2.22. The molecule has 0 amide bonds. The fourth-order valence-corrected chi connectivity index (χ4v) is 2.21. The van der Waals surface area contributed by atoms with Crippen molar-refractivity contribution in [2.24, 2.45) is 0 Å². The Bertz CT molecular complexity index is 338. The van der Waals surface area contributed by atoms with E-state index in [2.05, 4.69) is 29.1 Å². The van der Waals surface area contributed by atoms with Crippen molar-refractivity contribution < 1.29 is 14.5 Å². The van der Waals surface area contributed by atoms with Gasteiger partial charge in [0.1, 0.15) is 6.54 Å². The fourth-order valence-electron chi connectivity index (χ4n) is 2.21. The molecule has 0 atom stereocenters. The first-order chi connectivity index (χ1) is 9.29. The van der Waals surface area contributed by atoms with Gasteiger partial charge in [-0.15, -0.1) is 0 Å². The number of rotatable bonds is 11. The minimum Gasteiger partial charge on any atom is -0.550 e. The molecule has 1 heterocycles. The van der Waals surface area contributed by atoms with E-state index in [0.29, 0.717) is 0 Å². The van der Waals surface area contributed by atoms with Crippen LogP contribution in [0.25, 0.3) is 0 Å². The molecule has 0 aliphatic rings. The molecule has 0 bridgehead atoms. The SMILES string of the molecule is O=C([O-])CCCCCCCCCC[n+]1ccccc1. The fraction of sp³-hybridized carbons (Fsp3) is 0.625. The number of unbranched alkanes of at least 4 members (excludes halogenated alkanes) is 7. The van der Waals surface area contributed by atoms with Crippen LogP contribution in [0.1, 0.15) is 57.8 Å². The number of hydrogen-bond donors (Lipinski definition) is 0. The molecule has 0 aliphatic carbocycles. The van der Waals surface area contributed by atoms with E-state index >= 15 is 0 Å². The molecule has 1 aromatic rings. The van der Waals surface area contributed by atoms with E-state index in [1.165, 1.54) is 32.1 Å². The molecule has 3 heteroatoms. The zero-order chi connectivity index (χ0) is 13.8. The molecular formula is C16H25NO2. The minimum absolute atomic E-state index is 0.217. The molecule has 19 heavy (non-hydrogen) atoms. The van der Waals surface area contributed by atoms with Crippen LogP contribution in [0.15, 0.2) is 30.6 Å². The smallest absolute Gasteiger partial charge is 0.168 e. The van der Waals surface area contributed by atoms with Crippen LogP contribution in [0.4, 0.5) is 0 Å². The summed E-state index contributed by atoms with van der Waals surface area (Å²) in [5.74, 6) is -0.918. The second-order valence-electron chi connectivity index (χ2n) is 5.06. The normalized spacial score (nSPS) is 10.5. The molecule has 0 saturated heterocycles. The number of aryl methyl sites for hydroxylation is 1. The average Bonchev–Trinajstić information content (AvgIpc) is 2.42. The summed E-state index contributed by atoms with van der Waals surface area (Å²) in [6, 6.07) is 6.16. The number of aliphatic carboxylic acids is 1. The summed E-state index contributed by atoms with van der Waals surface area (Å²) in [6.07, 6.45) is 13.7. The Kier molecular flexibility index (Phi) is 8.69. The lowest BCUT2D eigenvalue weighted by atomic mass is 10.1. The van der Waals surface area contributed by atoms with Crippen molar-refractivity contribution in [3.8, 4) is 0 Å². The Labute approximate surface area is 116 Å². The van der Waals surface area contributed by atoms with Gasteiger partial charge in [0.25, 0.3) is 0 Å². The number of carbonyl (C=O) groups is 1. The molecule has 0 aromatic carbocycles. The Morgan fingerprint density at radius 1 is 0.789 bits per heavy atom. The van der Waals surface area contributed by atoms with Crippen LogP contribution >= 0.6 is 0 Å². The summed E-state index contributed by atoms with van der Waals surface area (Å²) in [5.41, 5.74) is 0. The molecule has 0 fully saturated rings. The summed E-state index contributed by atoms with van der Waals surface area (Å²) >= 11 is 0. The highest BCUT2D eigenvalue weighted by molar-refractivity contribution is 5.63. The molecule has 0 N–H and O–H groups in total. The van der Waals surface area contributed by atoms with E-state index in [1.54, 1.807) is 0 Å². The Hall–Kier alpha value is -1.38. The molecule has 0 saturated carbocycles. The predicted octanol–water partition coefficient (Wildman–Crippen LogP) is 2.23. The van der Waals surface area contributed by atoms with Gasteiger partial charge in [0.05, 0.1) is 0 Å². The summed E-state index contributed by atoms with van der Waals surface area (Å²) in [5, 5.41) is 10.2. The van der Waals surface area contributed by atoms with E-state index in [0.717, 1.165) is 25.8 Å². The van der Waals surface area contributed by atoms with Crippen LogP contribution < -0.4 is 9.67 Å². The number of pyridine rings is 1. The number of carboxylic acid groups (broad SMARTS) is 1. The molecular weight excluding hydrogens is 238 g/mol. The van der Waals surface area contributed by atoms with E-state index in [-0.39, 0.29) is 6.42 Å². The highest BCUT2D eigenvalue weighted by Gasteiger charge is 1.97. The average molecular weight is 263 g/mol. The first-order valence-corrected chi connectivity index (χ1v) is 7.43. The van der Waals surface area contributed by atoms with Gasteiger partial charge in [-0.3, -0.25) is 0 Å². The van der Waals surface area contributed by atoms with Crippen LogP contribution in [0, 0.1) is 0 Å². The lowest BCUT2D eigenvalue weighted by Crippen LogP contribution is -2.32. The monoisotopic (exact) mass is 263 g/mol. The largest absolute Gasteiger partial charge is 0.550 e. The maximum Gasteiger partial charge on any atom is 0.168 e. The molecule has 0 spiro atoms. The van der Waals surface area contributed by atoms with Crippen molar-refractivity contribution in [3.05, 3.63) is 30.6 Å². The first-order valence-electron chi connectivity index (χ1n) is 7.43. The number of aromatic nitrogens is 1. The number of carbonyl (C=O) groups excluding carboxylic acids is 1. The second kappa shape index (κ2) is 10.5. The maximum absolute atomic E-state index is 10.2. The van der Waals surface area contributed by atoms with E-state index < -0.39 is 5.97 Å². The molecule has 0 aliphatic heterocycles. The lowest BCUT2D eigenvalue weighted by molar-refractivity contribution is -0.697. The van der Waals surface area contributed by atoms with Gasteiger partial charge in [-0.1, -0.05) is 38.2 Å². The van der Waals surface area contributed by atoms with Gasteiger partial charge in [-0.25, -0.2) is 4.57 Å². The first kappa shape index (κ1) is 15.7. The molecule has 0 radical (unpaired) electrons. The maximum atomic E-state index is 10.2. The zero-order valence-electron chi connectivity index (χ0n) is 11.7. The number of carboxylic acids is 1. The highest BCUT2D eigenvalue weighted by Crippen LogP contribution is 2.09. The van der Waals surface area contributed by atoms with Gasteiger partial charge in [0, 0.05) is 24.5 Å². The van der Waals surface area contributed by atoms with Gasteiger partial charge in [0.15, 0.2) is 12.4 Å². The molecule has 106 valence electrons. The molecule has 1 rings (SSSR count). The summed E-state index contributed by atoms with van der Waals surface area (Å²) in [7, 11) is 0. The Morgan fingerprint density at radius 3 is 1.89 bits per heavy atom. The van der Waals surface area contributed by atoms with Crippen molar-refractivity contribution in [3.63, 3.8) is 0 Å². The van der Waals surface area contributed by atoms with E-state index in [4.69, 9.17) is 0 Å². The van der Waals surface area contributed by atoms with Crippen molar-refractivity contribution in [1.29, 1.82) is 0 Å². The third-order valence-electron chi connectivity index (χ3n) is 3.32. The topological polar surface area (TPSA) is 44.0 Å². The van der Waals surface area contributed by atoms with Crippen molar-refractivity contribution in [2.45, 2.75) is 64.3 Å². The molecule has 1 aromatic heterocycles. The standard InChI is InChI=1S/C16H25NO2/c18-16(19)12-8-5-3-1-2-4-6-9-13-17-14-10-7-11-15-17/h7,10-11,14-15H,1-6,8-9,12-13H2. The molecule has 0 unspecified atom stereocenters. The van der Waals surface area contributed by atoms with Crippen LogP contribution in [0.2, 0.25) is 0 Å². The highest BCUT2D eigenvalue weighted by atomic mass is 16.4. The van der Waals surface area contributed by atoms with Crippen LogP contribution in [-0.4, -0.2) is 5.97 Å². The van der Waals surface area contributed by atoms with Gasteiger partial charge in [-0.05, 0) is 19.3 Å². The minimum atomic E-state index is -0.918. The summed E-state index contributed by atoms with van der Waals surface area (Å²) in [4.78, 5) is 10.2. The Morgan fingerprint density at radius 2 is 1.32 bits per heavy atom. The zero-order valence-corrected chi connectivity index (χ0v) is 11.7. The van der Waals surface area contributed by atoms with Gasteiger partial charge in [-0.2, -0.15) is 0 Å². The van der Waals surface area contributed by atoms with Crippen LogP contribution in [-0.2, 0) is 11.3 Å². The number of nitrogens with zero attached hydrogens (tertiary/aromatic N) is 1. The number of hydrogen-bond acceptors (Lipinski definition) is 2. The van der Waals surface area contributed by atoms with Gasteiger partial charge < -0.3 is 9.90 Å². The quantitative estimate of drug-likeness (QED) is 0.454. The van der Waals surface area contributed by atoms with Gasteiger partial charge in [0.2, 0.25) is 0 Å². The molecule has 3 nitrogen and oxygen atoms in total. The lowest BCUT2D eigenvalue weighted by Gasteiger charge is -2.02. The Balaban J connectivity index is 1.83. The van der Waals surface area contributed by atoms with Crippen molar-refractivity contribution >= 4 is 5.97 Å². The van der Waals surface area contributed by atoms with Crippen LogP contribution in [0.5, 0.6) is 0 Å². The van der Waals surface area contributed by atoms with E-state index in [9.17, 15) is 9.90 Å². The van der Waals surface area contributed by atoms with Crippen LogP contribution in [0.3, 0.4) is 0 Å². The predicted molar refractivity (Wildman–Crippen MR) is 73.2 cm³/mol. The van der Waals surface area contributed by atoms with E-state index in [1.807, 2.05) is 6.07 Å². The van der Waals surface area contributed by atoms with Gasteiger partial charge >= 0.3 is 0 Å². The summed E-state index contributed by atoms with van der Waals surface area (Å²) in [6.45, 7) is 1.10. The third kappa shape index (κ3) is 9.23. The third-order valence-corrected chi connectivity index (χ3v) is 3.32.